The highest BCUT2D eigenvalue weighted by Crippen LogP contribution is 2.34. The van der Waals surface area contributed by atoms with Crippen LogP contribution in [0, 0.1) is 0 Å². The van der Waals surface area contributed by atoms with Gasteiger partial charge in [0.2, 0.25) is 10.0 Å². The van der Waals surface area contributed by atoms with Crippen molar-refractivity contribution in [1.82, 2.24) is 0 Å². The van der Waals surface area contributed by atoms with Gasteiger partial charge in [0, 0.05) is 0 Å². The maximum Gasteiger partial charge on any atom is 0.418 e. The molecule has 0 atom stereocenters. The van der Waals surface area contributed by atoms with E-state index in [0.717, 1.165) is 18.4 Å². The minimum absolute atomic E-state index is 0.465. The van der Waals surface area contributed by atoms with Crippen LogP contribution in [0.4, 0.5) is 18.9 Å². The van der Waals surface area contributed by atoms with E-state index in [1.165, 1.54) is 12.1 Å². The standard InChI is InChI=1S/C8H8F3NO2S/c1-15(13,14)12-7-5-3-2-4-6(7)8(9,10)11/h2-5,12H,1H3. The first-order chi connectivity index (χ1) is 6.70. The summed E-state index contributed by atoms with van der Waals surface area (Å²) in [6.45, 7) is 0. The van der Waals surface area contributed by atoms with Crippen LogP contribution in [0.25, 0.3) is 0 Å². The Balaban J connectivity index is 3.19. The van der Waals surface area contributed by atoms with Crippen LogP contribution in [0.3, 0.4) is 0 Å². The summed E-state index contributed by atoms with van der Waals surface area (Å²) in [4.78, 5) is 0. The highest BCUT2D eigenvalue weighted by atomic mass is 32.2. The molecule has 84 valence electrons. The van der Waals surface area contributed by atoms with E-state index in [4.69, 9.17) is 0 Å². The second-order valence-corrected chi connectivity index (χ2v) is 4.67. The van der Waals surface area contributed by atoms with Crippen LogP contribution in [0.5, 0.6) is 0 Å². The molecule has 1 aromatic carbocycles. The van der Waals surface area contributed by atoms with Crippen molar-refractivity contribution < 1.29 is 21.6 Å². The largest absolute Gasteiger partial charge is 0.418 e. The van der Waals surface area contributed by atoms with Crippen molar-refractivity contribution in [3.8, 4) is 0 Å². The average Bonchev–Trinajstić information content (AvgIpc) is 1.99. The molecule has 0 fully saturated rings. The van der Waals surface area contributed by atoms with E-state index in [-0.39, 0.29) is 0 Å². The molecular formula is C8H8F3NO2S. The zero-order chi connectivity index (χ0) is 11.7. The van der Waals surface area contributed by atoms with Crippen molar-refractivity contribution in [2.24, 2.45) is 0 Å². The number of benzene rings is 1. The van der Waals surface area contributed by atoms with E-state index in [1.807, 2.05) is 4.72 Å². The number of halogens is 3. The summed E-state index contributed by atoms with van der Waals surface area (Å²) in [5.41, 5.74) is -1.47. The van der Waals surface area contributed by atoms with Crippen molar-refractivity contribution in [2.45, 2.75) is 6.18 Å². The number of para-hydroxylation sites is 1. The molecule has 0 saturated carbocycles. The molecule has 1 rings (SSSR count). The lowest BCUT2D eigenvalue weighted by molar-refractivity contribution is -0.136. The molecule has 1 aromatic rings. The molecule has 0 aliphatic rings. The summed E-state index contributed by atoms with van der Waals surface area (Å²) in [5, 5.41) is 0. The summed E-state index contributed by atoms with van der Waals surface area (Å²) >= 11 is 0. The molecule has 1 N–H and O–H groups in total. The molecule has 7 heteroatoms. The Morgan fingerprint density at radius 3 is 2.20 bits per heavy atom. The van der Waals surface area contributed by atoms with Crippen LogP contribution in [-0.2, 0) is 16.2 Å². The zero-order valence-corrected chi connectivity index (χ0v) is 8.48. The normalized spacial score (nSPS) is 12.5. The molecule has 0 aromatic heterocycles. The Labute approximate surface area is 85.0 Å². The Morgan fingerprint density at radius 2 is 1.73 bits per heavy atom. The van der Waals surface area contributed by atoms with Gasteiger partial charge in [-0.15, -0.1) is 0 Å². The quantitative estimate of drug-likeness (QED) is 0.858. The van der Waals surface area contributed by atoms with Gasteiger partial charge in [0.25, 0.3) is 0 Å². The van der Waals surface area contributed by atoms with Crippen molar-refractivity contribution in [1.29, 1.82) is 0 Å². The number of rotatable bonds is 2. The predicted octanol–water partition coefficient (Wildman–Crippen LogP) is 2.08. The van der Waals surface area contributed by atoms with Gasteiger partial charge in [-0.2, -0.15) is 13.2 Å². The van der Waals surface area contributed by atoms with Gasteiger partial charge in [0.15, 0.2) is 0 Å². The molecule has 15 heavy (non-hydrogen) atoms. The van der Waals surface area contributed by atoms with Gasteiger partial charge in [-0.25, -0.2) is 8.42 Å². The van der Waals surface area contributed by atoms with Crippen LogP contribution in [-0.4, -0.2) is 14.7 Å². The molecule has 0 aliphatic heterocycles. The third-order valence-corrected chi connectivity index (χ3v) is 2.12. The number of hydrogen-bond donors (Lipinski definition) is 1. The number of alkyl halides is 3. The molecule has 0 amide bonds. The molecule has 0 saturated heterocycles. The highest BCUT2D eigenvalue weighted by molar-refractivity contribution is 7.92. The highest BCUT2D eigenvalue weighted by Gasteiger charge is 2.33. The first kappa shape index (κ1) is 11.8. The molecule has 0 aliphatic carbocycles. The first-order valence-corrected chi connectivity index (χ1v) is 5.73. The third-order valence-electron chi connectivity index (χ3n) is 1.53. The molecule has 0 radical (unpaired) electrons. The molecule has 3 nitrogen and oxygen atoms in total. The third kappa shape index (κ3) is 3.43. The van der Waals surface area contributed by atoms with Gasteiger partial charge in [0.1, 0.15) is 0 Å². The Bertz CT molecular complexity index is 453. The van der Waals surface area contributed by atoms with E-state index >= 15 is 0 Å². The van der Waals surface area contributed by atoms with Crippen molar-refractivity contribution in [3.63, 3.8) is 0 Å². The fraction of sp³-hybridized carbons (Fsp3) is 0.250. The average molecular weight is 239 g/mol. The van der Waals surface area contributed by atoms with Gasteiger partial charge >= 0.3 is 6.18 Å². The summed E-state index contributed by atoms with van der Waals surface area (Å²) in [5.74, 6) is 0. The van der Waals surface area contributed by atoms with Crippen LogP contribution >= 0.6 is 0 Å². The van der Waals surface area contributed by atoms with Gasteiger partial charge < -0.3 is 0 Å². The number of sulfonamides is 1. The molecule has 0 unspecified atom stereocenters. The maximum atomic E-state index is 12.4. The minimum atomic E-state index is -4.58. The van der Waals surface area contributed by atoms with Crippen LogP contribution in [0.15, 0.2) is 24.3 Å². The van der Waals surface area contributed by atoms with Crippen molar-refractivity contribution in [3.05, 3.63) is 29.8 Å². The number of anilines is 1. The lowest BCUT2D eigenvalue weighted by Gasteiger charge is -2.12. The zero-order valence-electron chi connectivity index (χ0n) is 7.67. The van der Waals surface area contributed by atoms with Crippen LogP contribution in [0.1, 0.15) is 5.56 Å². The van der Waals surface area contributed by atoms with E-state index in [0.29, 0.717) is 0 Å². The van der Waals surface area contributed by atoms with Gasteiger partial charge in [0.05, 0.1) is 17.5 Å². The monoisotopic (exact) mass is 239 g/mol. The predicted molar refractivity (Wildman–Crippen MR) is 49.9 cm³/mol. The lowest BCUT2D eigenvalue weighted by atomic mass is 10.2. The van der Waals surface area contributed by atoms with Gasteiger partial charge in [-0.1, -0.05) is 12.1 Å². The molecule has 0 bridgehead atoms. The summed E-state index contributed by atoms with van der Waals surface area (Å²) < 4.78 is 60.6. The smallest absolute Gasteiger partial charge is 0.283 e. The summed E-state index contributed by atoms with van der Waals surface area (Å²) in [6, 6.07) is 4.39. The van der Waals surface area contributed by atoms with Crippen molar-refractivity contribution >= 4 is 15.7 Å². The van der Waals surface area contributed by atoms with Crippen LogP contribution < -0.4 is 4.72 Å². The fourth-order valence-electron chi connectivity index (χ4n) is 1.02. The molecule has 0 heterocycles. The maximum absolute atomic E-state index is 12.4. The lowest BCUT2D eigenvalue weighted by Crippen LogP contribution is -2.15. The Kier molecular flexibility index (Phi) is 2.94. The molecule has 0 spiro atoms. The van der Waals surface area contributed by atoms with Gasteiger partial charge in [-0.3, -0.25) is 4.72 Å². The number of hydrogen-bond acceptors (Lipinski definition) is 2. The van der Waals surface area contributed by atoms with Gasteiger partial charge in [-0.05, 0) is 12.1 Å². The Morgan fingerprint density at radius 1 is 1.20 bits per heavy atom. The second kappa shape index (κ2) is 3.73. The summed E-state index contributed by atoms with van der Waals surface area (Å²) in [6.07, 6.45) is -3.78. The fourth-order valence-corrected chi connectivity index (χ4v) is 1.60. The minimum Gasteiger partial charge on any atom is -0.283 e. The van der Waals surface area contributed by atoms with Crippen LogP contribution in [0.2, 0.25) is 0 Å². The Hall–Kier alpha value is -1.24. The van der Waals surface area contributed by atoms with E-state index in [2.05, 4.69) is 0 Å². The van der Waals surface area contributed by atoms with E-state index in [1.54, 1.807) is 0 Å². The number of nitrogens with one attached hydrogen (secondary N) is 1. The topological polar surface area (TPSA) is 46.2 Å². The molecular weight excluding hydrogens is 231 g/mol. The SMILES string of the molecule is CS(=O)(=O)Nc1ccccc1C(F)(F)F. The summed E-state index contributed by atoms with van der Waals surface area (Å²) in [7, 11) is -3.71. The van der Waals surface area contributed by atoms with Crippen molar-refractivity contribution in [2.75, 3.05) is 11.0 Å². The first-order valence-electron chi connectivity index (χ1n) is 3.84. The van der Waals surface area contributed by atoms with E-state index < -0.39 is 27.5 Å². The second-order valence-electron chi connectivity index (χ2n) is 2.92. The van der Waals surface area contributed by atoms with E-state index in [9.17, 15) is 21.6 Å².